The number of aryl methyl sites for hydroxylation is 1. The molecule has 0 fully saturated rings. The number of nitrogens with zero attached hydrogens (tertiary/aromatic N) is 3. The summed E-state index contributed by atoms with van der Waals surface area (Å²) in [7, 11) is 0. The summed E-state index contributed by atoms with van der Waals surface area (Å²) < 4.78 is 26.4. The summed E-state index contributed by atoms with van der Waals surface area (Å²) >= 11 is 0. The average Bonchev–Trinajstić information content (AvgIpc) is 2.81. The number of carbonyl (C=O) groups is 1. The van der Waals surface area contributed by atoms with Crippen LogP contribution in [-0.2, 0) is 11.3 Å². The predicted molar refractivity (Wildman–Crippen MR) is 72.7 cm³/mol. The summed E-state index contributed by atoms with van der Waals surface area (Å²) in [4.78, 5) is 15.9. The lowest BCUT2D eigenvalue weighted by molar-refractivity contribution is -0.122. The molecule has 0 aliphatic rings. The Morgan fingerprint density at radius 2 is 2.05 bits per heavy atom. The van der Waals surface area contributed by atoms with Gasteiger partial charge in [-0.25, -0.2) is 8.78 Å². The van der Waals surface area contributed by atoms with Crippen LogP contribution in [0.25, 0.3) is 0 Å². The molecule has 2 aromatic heterocycles. The van der Waals surface area contributed by atoms with Crippen molar-refractivity contribution in [2.24, 2.45) is 0 Å². The molecule has 7 heteroatoms. The van der Waals surface area contributed by atoms with Gasteiger partial charge in [-0.1, -0.05) is 0 Å². The average molecular weight is 294 g/mol. The number of hydrogen-bond acceptors (Lipinski definition) is 3. The Morgan fingerprint density at radius 1 is 1.38 bits per heavy atom. The summed E-state index contributed by atoms with van der Waals surface area (Å²) in [5, 5.41) is 6.52. The largest absolute Gasteiger partial charge is 0.348 e. The van der Waals surface area contributed by atoms with Crippen molar-refractivity contribution in [2.75, 3.05) is 0 Å². The summed E-state index contributed by atoms with van der Waals surface area (Å²) in [5.74, 6) is -0.286. The molecule has 0 bridgehead atoms. The third-order valence-electron chi connectivity index (χ3n) is 3.10. The fraction of sp³-hybridized carbons (Fsp3) is 0.357. The molecule has 0 saturated heterocycles. The molecular formula is C14H16F2N4O. The Labute approximate surface area is 121 Å². The van der Waals surface area contributed by atoms with Gasteiger partial charge in [0, 0.05) is 18.1 Å². The van der Waals surface area contributed by atoms with Gasteiger partial charge in [0.05, 0.1) is 6.04 Å². The minimum atomic E-state index is -2.64. The van der Waals surface area contributed by atoms with Crippen LogP contribution in [0.4, 0.5) is 8.78 Å². The number of amides is 1. The van der Waals surface area contributed by atoms with E-state index in [9.17, 15) is 13.6 Å². The molecule has 0 radical (unpaired) electrons. The Balaban J connectivity index is 1.99. The molecule has 0 unspecified atom stereocenters. The van der Waals surface area contributed by atoms with Gasteiger partial charge >= 0.3 is 0 Å². The number of aromatic nitrogens is 3. The summed E-state index contributed by atoms with van der Waals surface area (Å²) in [6.45, 7) is 3.39. The van der Waals surface area contributed by atoms with Gasteiger partial charge in [-0.3, -0.25) is 14.5 Å². The van der Waals surface area contributed by atoms with Crippen molar-refractivity contribution >= 4 is 5.91 Å². The normalized spacial score (nSPS) is 12.4. The second-order valence-electron chi connectivity index (χ2n) is 4.74. The Kier molecular flexibility index (Phi) is 4.62. The molecule has 5 nitrogen and oxygen atoms in total. The number of nitrogens with one attached hydrogen (secondary N) is 1. The van der Waals surface area contributed by atoms with E-state index in [2.05, 4.69) is 15.4 Å². The first-order chi connectivity index (χ1) is 9.97. The van der Waals surface area contributed by atoms with Gasteiger partial charge in [-0.15, -0.1) is 0 Å². The third kappa shape index (κ3) is 3.84. The minimum absolute atomic E-state index is 0.0893. The second kappa shape index (κ2) is 6.43. The van der Waals surface area contributed by atoms with E-state index in [1.807, 2.05) is 6.92 Å². The molecule has 0 saturated carbocycles. The summed E-state index contributed by atoms with van der Waals surface area (Å²) in [5.41, 5.74) is 1.13. The van der Waals surface area contributed by atoms with E-state index >= 15 is 0 Å². The van der Waals surface area contributed by atoms with Crippen LogP contribution in [0.1, 0.15) is 36.3 Å². The molecule has 0 spiro atoms. The van der Waals surface area contributed by atoms with Crippen molar-refractivity contribution in [1.29, 1.82) is 0 Å². The van der Waals surface area contributed by atoms with Crippen molar-refractivity contribution in [3.8, 4) is 0 Å². The number of alkyl halides is 2. The first-order valence-electron chi connectivity index (χ1n) is 6.49. The smallest absolute Gasteiger partial charge is 0.282 e. The molecule has 0 aliphatic carbocycles. The van der Waals surface area contributed by atoms with Crippen LogP contribution in [0.2, 0.25) is 0 Å². The molecule has 21 heavy (non-hydrogen) atoms. The van der Waals surface area contributed by atoms with Crippen molar-refractivity contribution in [3.63, 3.8) is 0 Å². The van der Waals surface area contributed by atoms with Gasteiger partial charge < -0.3 is 5.32 Å². The number of rotatable bonds is 5. The molecule has 2 heterocycles. The van der Waals surface area contributed by atoms with Gasteiger partial charge in [0.15, 0.2) is 0 Å². The monoisotopic (exact) mass is 294 g/mol. The van der Waals surface area contributed by atoms with Crippen LogP contribution in [-0.4, -0.2) is 20.7 Å². The Bertz CT molecular complexity index is 613. The van der Waals surface area contributed by atoms with Crippen LogP contribution >= 0.6 is 0 Å². The van der Waals surface area contributed by atoms with E-state index in [4.69, 9.17) is 0 Å². The minimum Gasteiger partial charge on any atom is -0.348 e. The van der Waals surface area contributed by atoms with Gasteiger partial charge in [-0.05, 0) is 37.6 Å². The summed E-state index contributed by atoms with van der Waals surface area (Å²) in [6, 6.07) is 4.70. The summed E-state index contributed by atoms with van der Waals surface area (Å²) in [6.07, 6.45) is 0.651. The molecule has 0 aliphatic heterocycles. The standard InChI is InChI=1S/C14H16F2N4O/c1-9-7-12(14(15)16)19-20(9)8-13(21)18-10(2)11-3-5-17-6-4-11/h3-7,10,14H,8H2,1-2H3,(H,18,21)/t10-/m0/s1. The van der Waals surface area contributed by atoms with E-state index < -0.39 is 6.43 Å². The number of pyridine rings is 1. The lowest BCUT2D eigenvalue weighted by Gasteiger charge is -2.14. The molecule has 2 aromatic rings. The van der Waals surface area contributed by atoms with Crippen molar-refractivity contribution in [1.82, 2.24) is 20.1 Å². The van der Waals surface area contributed by atoms with E-state index in [1.165, 1.54) is 10.7 Å². The lowest BCUT2D eigenvalue weighted by Crippen LogP contribution is -2.30. The Hall–Kier alpha value is -2.31. The molecule has 1 atom stereocenters. The maximum atomic E-state index is 12.5. The van der Waals surface area contributed by atoms with Crippen LogP contribution < -0.4 is 5.32 Å². The molecule has 2 rings (SSSR count). The van der Waals surface area contributed by atoms with Crippen molar-refractivity contribution in [2.45, 2.75) is 32.9 Å². The van der Waals surface area contributed by atoms with Gasteiger partial charge in [0.25, 0.3) is 6.43 Å². The van der Waals surface area contributed by atoms with E-state index in [-0.39, 0.29) is 24.2 Å². The van der Waals surface area contributed by atoms with Gasteiger partial charge in [0.1, 0.15) is 12.2 Å². The molecule has 0 aromatic carbocycles. The van der Waals surface area contributed by atoms with E-state index in [0.29, 0.717) is 5.69 Å². The number of halogens is 2. The molecular weight excluding hydrogens is 278 g/mol. The van der Waals surface area contributed by atoms with E-state index in [1.54, 1.807) is 31.5 Å². The fourth-order valence-electron chi connectivity index (χ4n) is 1.96. The highest BCUT2D eigenvalue weighted by Gasteiger charge is 2.16. The number of carbonyl (C=O) groups excluding carboxylic acids is 1. The SMILES string of the molecule is Cc1cc(C(F)F)nn1CC(=O)N[C@@H](C)c1ccncc1. The van der Waals surface area contributed by atoms with Gasteiger partial charge in [0.2, 0.25) is 5.91 Å². The highest BCUT2D eigenvalue weighted by atomic mass is 19.3. The molecule has 1 N–H and O–H groups in total. The zero-order valence-corrected chi connectivity index (χ0v) is 11.8. The first kappa shape index (κ1) is 15.1. The third-order valence-corrected chi connectivity index (χ3v) is 3.10. The Morgan fingerprint density at radius 3 is 2.62 bits per heavy atom. The van der Waals surface area contributed by atoms with Crippen LogP contribution in [0, 0.1) is 6.92 Å². The maximum absolute atomic E-state index is 12.5. The quantitative estimate of drug-likeness (QED) is 0.921. The zero-order valence-electron chi connectivity index (χ0n) is 11.8. The highest BCUT2D eigenvalue weighted by Crippen LogP contribution is 2.18. The topological polar surface area (TPSA) is 59.8 Å². The van der Waals surface area contributed by atoms with Crippen LogP contribution in [0.15, 0.2) is 30.6 Å². The number of hydrogen-bond donors (Lipinski definition) is 1. The fourth-order valence-corrected chi connectivity index (χ4v) is 1.96. The second-order valence-corrected chi connectivity index (χ2v) is 4.74. The van der Waals surface area contributed by atoms with Crippen molar-refractivity contribution < 1.29 is 13.6 Å². The van der Waals surface area contributed by atoms with Gasteiger partial charge in [-0.2, -0.15) is 5.10 Å². The van der Waals surface area contributed by atoms with Crippen LogP contribution in [0.3, 0.4) is 0 Å². The predicted octanol–water partition coefficient (Wildman–Crippen LogP) is 2.40. The van der Waals surface area contributed by atoms with Crippen LogP contribution in [0.5, 0.6) is 0 Å². The molecule has 1 amide bonds. The molecule has 112 valence electrons. The maximum Gasteiger partial charge on any atom is 0.282 e. The van der Waals surface area contributed by atoms with Crippen molar-refractivity contribution in [3.05, 3.63) is 47.5 Å². The highest BCUT2D eigenvalue weighted by molar-refractivity contribution is 5.76. The first-order valence-corrected chi connectivity index (χ1v) is 6.49. The lowest BCUT2D eigenvalue weighted by atomic mass is 10.1. The zero-order chi connectivity index (χ0) is 15.4. The van der Waals surface area contributed by atoms with E-state index in [0.717, 1.165) is 5.56 Å².